The first-order valence-electron chi connectivity index (χ1n) is 7.65. The monoisotopic (exact) mass is 399 g/mol. The van der Waals surface area contributed by atoms with E-state index in [0.29, 0.717) is 12.1 Å². The lowest BCUT2D eigenvalue weighted by Gasteiger charge is -2.05. The second-order valence-corrected chi connectivity index (χ2v) is 8.14. The number of thioether (sulfide) groups is 1. The number of carboxylic acids is 1. The van der Waals surface area contributed by atoms with E-state index in [1.807, 2.05) is 6.92 Å². The largest absolute Gasteiger partial charge is 0.481 e. The van der Waals surface area contributed by atoms with Crippen LogP contribution in [-0.4, -0.2) is 41.7 Å². The van der Waals surface area contributed by atoms with Crippen molar-refractivity contribution in [3.63, 3.8) is 0 Å². The number of rotatable bonds is 7. The molecule has 1 aromatic carbocycles. The summed E-state index contributed by atoms with van der Waals surface area (Å²) in [6.07, 6.45) is 0.0856. The van der Waals surface area contributed by atoms with Gasteiger partial charge in [-0.25, -0.2) is 0 Å². The molecule has 140 valence electrons. The zero-order valence-electron chi connectivity index (χ0n) is 13.8. The van der Waals surface area contributed by atoms with E-state index < -0.39 is 21.9 Å². The molecule has 0 radical (unpaired) electrons. The van der Waals surface area contributed by atoms with E-state index >= 15 is 0 Å². The number of benzene rings is 1. The number of amidine groups is 1. The molecule has 3 N–H and O–H groups in total. The van der Waals surface area contributed by atoms with Gasteiger partial charge in [-0.15, -0.1) is 4.40 Å². The molecule has 0 aliphatic carbocycles. The molecule has 2 rings (SSSR count). The lowest BCUT2D eigenvalue weighted by Crippen LogP contribution is -2.24. The molecular weight excluding hydrogens is 382 g/mol. The molecule has 1 fully saturated rings. The maximum atomic E-state index is 12.3. The maximum absolute atomic E-state index is 12.3. The van der Waals surface area contributed by atoms with Crippen LogP contribution in [-0.2, 0) is 24.4 Å². The number of sulfonamides is 1. The lowest BCUT2D eigenvalue weighted by molar-refractivity contribution is -0.138. The summed E-state index contributed by atoms with van der Waals surface area (Å²) < 4.78 is 28.2. The van der Waals surface area contributed by atoms with E-state index in [9.17, 15) is 22.8 Å². The Morgan fingerprint density at radius 1 is 1.27 bits per heavy atom. The first kappa shape index (κ1) is 19.9. The Balaban J connectivity index is 2.06. The number of hydrogen-bond donors (Lipinski definition) is 3. The van der Waals surface area contributed by atoms with Crippen molar-refractivity contribution in [2.45, 2.75) is 36.3 Å². The number of amides is 2. The second-order valence-electron chi connectivity index (χ2n) is 5.34. The summed E-state index contributed by atoms with van der Waals surface area (Å²) in [7, 11) is -4.00. The Morgan fingerprint density at radius 3 is 2.46 bits per heavy atom. The maximum Gasteiger partial charge on any atom is 0.303 e. The third-order valence-corrected chi connectivity index (χ3v) is 6.01. The Bertz CT molecular complexity index is 849. The van der Waals surface area contributed by atoms with Gasteiger partial charge in [0.05, 0.1) is 16.6 Å². The van der Waals surface area contributed by atoms with Crippen molar-refractivity contribution in [2.75, 3.05) is 5.32 Å². The molecule has 2 amide bonds. The van der Waals surface area contributed by atoms with Crippen molar-refractivity contribution >= 4 is 50.4 Å². The van der Waals surface area contributed by atoms with Crippen molar-refractivity contribution in [1.82, 2.24) is 5.32 Å². The van der Waals surface area contributed by atoms with Crippen LogP contribution in [0.5, 0.6) is 0 Å². The van der Waals surface area contributed by atoms with Crippen LogP contribution >= 0.6 is 11.8 Å². The van der Waals surface area contributed by atoms with E-state index in [0.717, 1.165) is 11.8 Å². The summed E-state index contributed by atoms with van der Waals surface area (Å²) in [5.74, 6) is -1.84. The average Bonchev–Trinajstić information content (AvgIpc) is 2.92. The molecular formula is C15H17N3O6S2. The zero-order chi connectivity index (χ0) is 19.3. The lowest BCUT2D eigenvalue weighted by atomic mass is 10.2. The van der Waals surface area contributed by atoms with Gasteiger partial charge in [-0.05, 0) is 30.7 Å². The van der Waals surface area contributed by atoms with Crippen LogP contribution in [0, 0.1) is 0 Å². The number of carboxylic acid groups (broad SMARTS) is 1. The molecule has 1 aliphatic rings. The molecule has 1 aliphatic heterocycles. The van der Waals surface area contributed by atoms with E-state index in [4.69, 9.17) is 5.11 Å². The molecule has 9 nitrogen and oxygen atoms in total. The highest BCUT2D eigenvalue weighted by Gasteiger charge is 2.30. The molecule has 1 heterocycles. The molecule has 1 saturated heterocycles. The number of carbonyl (C=O) groups excluding carboxylic acids is 2. The molecule has 11 heteroatoms. The molecule has 0 bridgehead atoms. The quantitative estimate of drug-likeness (QED) is 0.625. The third kappa shape index (κ3) is 5.30. The van der Waals surface area contributed by atoms with Crippen molar-refractivity contribution in [1.29, 1.82) is 0 Å². The Kier molecular flexibility index (Phi) is 6.37. The topological polar surface area (TPSA) is 142 Å². The number of aliphatic carboxylic acids is 1. The fourth-order valence-corrected chi connectivity index (χ4v) is 4.11. The Morgan fingerprint density at radius 2 is 1.92 bits per heavy atom. The summed E-state index contributed by atoms with van der Waals surface area (Å²) in [6, 6.07) is 5.29. The average molecular weight is 399 g/mol. The Labute approximate surface area is 154 Å². The van der Waals surface area contributed by atoms with Gasteiger partial charge in [0.25, 0.3) is 10.0 Å². The van der Waals surface area contributed by atoms with Crippen molar-refractivity contribution < 1.29 is 27.9 Å². The minimum absolute atomic E-state index is 0.0351. The van der Waals surface area contributed by atoms with Gasteiger partial charge in [-0.3, -0.25) is 14.4 Å². The normalized spacial score (nSPS) is 18.6. The van der Waals surface area contributed by atoms with Gasteiger partial charge in [0.1, 0.15) is 0 Å². The van der Waals surface area contributed by atoms with Gasteiger partial charge in [-0.1, -0.05) is 18.7 Å². The van der Waals surface area contributed by atoms with Crippen molar-refractivity contribution in [3.05, 3.63) is 24.3 Å². The molecule has 26 heavy (non-hydrogen) atoms. The second kappa shape index (κ2) is 8.32. The fraction of sp³-hybridized carbons (Fsp3) is 0.333. The van der Waals surface area contributed by atoms with Crippen LogP contribution in [0.1, 0.15) is 26.2 Å². The first-order valence-corrected chi connectivity index (χ1v) is 9.97. The number of nitrogens with zero attached hydrogens (tertiary/aromatic N) is 1. The summed E-state index contributed by atoms with van der Waals surface area (Å²) in [6.45, 7) is 1.82. The Hall–Kier alpha value is -2.40. The van der Waals surface area contributed by atoms with Crippen molar-refractivity contribution in [3.8, 4) is 0 Å². The standard InChI is InChI=1S/C15H17N3O6S2/c1-2-11-14(22)17-15(25-11)18-26(23,24)10-5-3-9(4-6-10)16-12(19)7-8-13(20)21/h3-6,11H,2,7-8H2,1H3,(H,16,19)(H,20,21)(H,17,18,22). The molecule has 1 aromatic rings. The predicted octanol–water partition coefficient (Wildman–Crippen LogP) is 1.18. The molecule has 0 aromatic heterocycles. The molecule has 0 saturated carbocycles. The number of hydrogen-bond acceptors (Lipinski definition) is 6. The van der Waals surface area contributed by atoms with E-state index in [1.165, 1.54) is 24.3 Å². The van der Waals surface area contributed by atoms with Crippen LogP contribution in [0.15, 0.2) is 33.6 Å². The van der Waals surface area contributed by atoms with Crippen LogP contribution in [0.25, 0.3) is 0 Å². The highest BCUT2D eigenvalue weighted by molar-refractivity contribution is 8.16. The van der Waals surface area contributed by atoms with Gasteiger partial charge < -0.3 is 15.7 Å². The summed E-state index contributed by atoms with van der Waals surface area (Å²) >= 11 is 1.06. The van der Waals surface area contributed by atoms with Gasteiger partial charge >= 0.3 is 5.97 Å². The number of carbonyl (C=O) groups is 3. The van der Waals surface area contributed by atoms with Crippen LogP contribution in [0.3, 0.4) is 0 Å². The highest BCUT2D eigenvalue weighted by Crippen LogP contribution is 2.24. The molecule has 0 spiro atoms. The smallest absolute Gasteiger partial charge is 0.303 e. The van der Waals surface area contributed by atoms with Gasteiger partial charge in [-0.2, -0.15) is 8.42 Å². The minimum atomic E-state index is -4.00. The predicted molar refractivity (Wildman–Crippen MR) is 96.4 cm³/mol. The van der Waals surface area contributed by atoms with Gasteiger partial charge in [0, 0.05) is 12.1 Å². The minimum Gasteiger partial charge on any atom is -0.481 e. The van der Waals surface area contributed by atoms with Crippen LogP contribution in [0.4, 0.5) is 5.69 Å². The first-order chi connectivity index (χ1) is 12.2. The zero-order valence-corrected chi connectivity index (χ0v) is 15.4. The van der Waals surface area contributed by atoms with Gasteiger partial charge in [0.2, 0.25) is 11.8 Å². The van der Waals surface area contributed by atoms with E-state index in [2.05, 4.69) is 15.0 Å². The summed E-state index contributed by atoms with van der Waals surface area (Å²) in [5.41, 5.74) is 0.335. The van der Waals surface area contributed by atoms with E-state index in [1.54, 1.807) is 0 Å². The fourth-order valence-electron chi connectivity index (χ4n) is 2.03. The van der Waals surface area contributed by atoms with Crippen LogP contribution < -0.4 is 10.6 Å². The summed E-state index contributed by atoms with van der Waals surface area (Å²) in [5, 5.41) is 13.1. The number of nitrogens with one attached hydrogen (secondary N) is 2. The molecule has 1 unspecified atom stereocenters. The highest BCUT2D eigenvalue weighted by atomic mass is 32.2. The van der Waals surface area contributed by atoms with Crippen LogP contribution in [0.2, 0.25) is 0 Å². The SMILES string of the molecule is CCC1S/C(=N/S(=O)(=O)c2ccc(NC(=O)CCC(=O)O)cc2)NC1=O. The third-order valence-electron chi connectivity index (χ3n) is 3.35. The summed E-state index contributed by atoms with van der Waals surface area (Å²) in [4.78, 5) is 33.5. The number of anilines is 1. The van der Waals surface area contributed by atoms with Gasteiger partial charge in [0.15, 0.2) is 5.17 Å². The van der Waals surface area contributed by atoms with E-state index in [-0.39, 0.29) is 34.1 Å². The van der Waals surface area contributed by atoms with Crippen molar-refractivity contribution in [2.24, 2.45) is 4.40 Å². The molecule has 1 atom stereocenters.